The van der Waals surface area contributed by atoms with E-state index in [1.807, 2.05) is 18.5 Å². The molecule has 1 aromatic rings. The summed E-state index contributed by atoms with van der Waals surface area (Å²) in [5, 5.41) is 2.00. The van der Waals surface area contributed by atoms with Crippen LogP contribution in [0.4, 0.5) is 0 Å². The van der Waals surface area contributed by atoms with Crippen molar-refractivity contribution in [2.75, 3.05) is 13.6 Å². The van der Waals surface area contributed by atoms with Gasteiger partial charge in [0.15, 0.2) is 0 Å². The Kier molecular flexibility index (Phi) is 5.59. The van der Waals surface area contributed by atoms with E-state index in [1.54, 1.807) is 16.2 Å². The van der Waals surface area contributed by atoms with E-state index in [4.69, 9.17) is 5.73 Å². The van der Waals surface area contributed by atoms with E-state index in [2.05, 4.69) is 32.6 Å². The summed E-state index contributed by atoms with van der Waals surface area (Å²) in [6.07, 6.45) is 0.564. The van der Waals surface area contributed by atoms with Crippen molar-refractivity contribution >= 4 is 17.2 Å². The van der Waals surface area contributed by atoms with Gasteiger partial charge >= 0.3 is 0 Å². The van der Waals surface area contributed by atoms with Crippen molar-refractivity contribution in [3.05, 3.63) is 21.9 Å². The third-order valence-electron chi connectivity index (χ3n) is 2.49. The monoisotopic (exact) mass is 278 g/mol. The second kappa shape index (κ2) is 6.74. The summed E-state index contributed by atoms with van der Waals surface area (Å²) < 4.78 is 0. The maximum Gasteiger partial charge on any atom is 0.223 e. The average Bonchev–Trinajstić information content (AvgIpc) is 2.71. The number of hydrogen-bond donors (Lipinski definition) is 1. The molecule has 0 saturated heterocycles. The van der Waals surface area contributed by atoms with E-state index < -0.39 is 0 Å². The number of nitrogens with two attached hydrogens (primary N) is 1. The van der Waals surface area contributed by atoms with Gasteiger partial charge in [-0.05, 0) is 11.5 Å². The first-order valence-corrected chi connectivity index (χ1v) is 7.20. The van der Waals surface area contributed by atoms with Crippen molar-refractivity contribution in [1.82, 2.24) is 4.90 Å². The Balaban J connectivity index is 2.59. The Morgan fingerprint density at radius 2 is 2.16 bits per heavy atom. The van der Waals surface area contributed by atoms with Crippen LogP contribution >= 0.6 is 11.3 Å². The molecule has 104 valence electrons. The van der Waals surface area contributed by atoms with Crippen LogP contribution < -0.4 is 5.73 Å². The summed E-state index contributed by atoms with van der Waals surface area (Å²) in [7, 11) is 1.85. The second-order valence-corrected chi connectivity index (χ2v) is 6.79. The van der Waals surface area contributed by atoms with Crippen LogP contribution in [0.25, 0.3) is 0 Å². The predicted octanol–water partition coefficient (Wildman–Crippen LogP) is 2.45. The third kappa shape index (κ3) is 5.91. The first-order valence-electron chi connectivity index (χ1n) is 6.32. The molecule has 0 aromatic carbocycles. The number of hydrogen-bond acceptors (Lipinski definition) is 3. The van der Waals surface area contributed by atoms with Gasteiger partial charge < -0.3 is 10.6 Å². The first-order chi connectivity index (χ1) is 8.81. The molecule has 0 aliphatic rings. The van der Waals surface area contributed by atoms with Gasteiger partial charge in [-0.15, -0.1) is 11.3 Å². The minimum absolute atomic E-state index is 0.0263. The molecule has 1 aromatic heterocycles. The van der Waals surface area contributed by atoms with Gasteiger partial charge in [-0.1, -0.05) is 32.6 Å². The summed E-state index contributed by atoms with van der Waals surface area (Å²) in [4.78, 5) is 14.9. The zero-order valence-electron chi connectivity index (χ0n) is 12.1. The molecular weight excluding hydrogens is 256 g/mol. The molecule has 0 aliphatic heterocycles. The lowest BCUT2D eigenvalue weighted by Crippen LogP contribution is -2.29. The molecular formula is C15H22N2OS. The largest absolute Gasteiger partial charge is 0.341 e. The molecule has 0 aliphatic carbocycles. The topological polar surface area (TPSA) is 46.3 Å². The summed E-state index contributed by atoms with van der Waals surface area (Å²) in [6.45, 7) is 7.23. The number of thiophene rings is 1. The maximum absolute atomic E-state index is 12.0. The molecule has 0 unspecified atom stereocenters. The Hall–Kier alpha value is -1.31. The maximum atomic E-state index is 12.0. The van der Waals surface area contributed by atoms with Crippen molar-refractivity contribution in [3.8, 4) is 11.8 Å². The fourth-order valence-corrected chi connectivity index (χ4v) is 2.46. The predicted molar refractivity (Wildman–Crippen MR) is 80.8 cm³/mol. The number of carbonyl (C=O) groups is 1. The van der Waals surface area contributed by atoms with Crippen LogP contribution in [0.2, 0.25) is 0 Å². The molecule has 2 N–H and O–H groups in total. The van der Waals surface area contributed by atoms with Crippen LogP contribution in [-0.4, -0.2) is 24.4 Å². The van der Waals surface area contributed by atoms with Gasteiger partial charge in [0.2, 0.25) is 5.91 Å². The van der Waals surface area contributed by atoms with E-state index in [-0.39, 0.29) is 11.3 Å². The molecule has 0 fully saturated rings. The van der Waals surface area contributed by atoms with Crippen LogP contribution in [-0.2, 0) is 11.3 Å². The molecule has 0 bridgehead atoms. The highest BCUT2D eigenvalue weighted by molar-refractivity contribution is 7.10. The lowest BCUT2D eigenvalue weighted by atomic mass is 9.92. The normalized spacial score (nSPS) is 10.8. The third-order valence-corrected chi connectivity index (χ3v) is 3.41. The quantitative estimate of drug-likeness (QED) is 0.863. The van der Waals surface area contributed by atoms with E-state index in [1.165, 1.54) is 0 Å². The molecule has 0 saturated carbocycles. The molecule has 1 heterocycles. The van der Waals surface area contributed by atoms with Crippen molar-refractivity contribution in [2.45, 2.75) is 33.7 Å². The second-order valence-electron chi connectivity index (χ2n) is 5.79. The minimum atomic E-state index is 0.0263. The summed E-state index contributed by atoms with van der Waals surface area (Å²) in [6, 6.07) is 2.02. The van der Waals surface area contributed by atoms with E-state index in [9.17, 15) is 4.79 Å². The standard InChI is InChI=1S/C15H22N2OS/c1-15(2,3)9-14(18)17(4)10-13-8-12(11-19-13)6-5-7-16/h8,11H,7,9-10,16H2,1-4H3. The van der Waals surface area contributed by atoms with E-state index >= 15 is 0 Å². The lowest BCUT2D eigenvalue weighted by molar-refractivity contribution is -0.132. The van der Waals surface area contributed by atoms with Crippen LogP contribution in [0.5, 0.6) is 0 Å². The zero-order valence-corrected chi connectivity index (χ0v) is 12.9. The van der Waals surface area contributed by atoms with Crippen molar-refractivity contribution in [2.24, 2.45) is 11.1 Å². The van der Waals surface area contributed by atoms with Crippen molar-refractivity contribution in [3.63, 3.8) is 0 Å². The summed E-state index contributed by atoms with van der Waals surface area (Å²) in [5.74, 6) is 6.00. The number of nitrogens with zero attached hydrogens (tertiary/aromatic N) is 1. The smallest absolute Gasteiger partial charge is 0.223 e. The highest BCUT2D eigenvalue weighted by Gasteiger charge is 2.19. The van der Waals surface area contributed by atoms with Gasteiger partial charge in [0, 0.05) is 29.3 Å². The molecule has 1 rings (SSSR count). The van der Waals surface area contributed by atoms with Gasteiger partial charge in [-0.2, -0.15) is 0 Å². The van der Waals surface area contributed by atoms with Crippen LogP contribution in [0.1, 0.15) is 37.6 Å². The van der Waals surface area contributed by atoms with Gasteiger partial charge in [0.25, 0.3) is 0 Å². The minimum Gasteiger partial charge on any atom is -0.341 e. The summed E-state index contributed by atoms with van der Waals surface area (Å²) >= 11 is 1.63. The highest BCUT2D eigenvalue weighted by Crippen LogP contribution is 2.21. The molecule has 0 radical (unpaired) electrons. The van der Waals surface area contributed by atoms with Gasteiger partial charge in [-0.3, -0.25) is 4.79 Å². The molecule has 1 amide bonds. The Morgan fingerprint density at radius 1 is 1.47 bits per heavy atom. The molecule has 4 heteroatoms. The Bertz CT molecular complexity index is 488. The number of carbonyl (C=O) groups excluding carboxylic acids is 1. The van der Waals surface area contributed by atoms with Gasteiger partial charge in [0.05, 0.1) is 13.1 Å². The Labute approximate surface area is 119 Å². The fraction of sp³-hybridized carbons (Fsp3) is 0.533. The number of amides is 1. The fourth-order valence-electron chi connectivity index (χ4n) is 1.59. The van der Waals surface area contributed by atoms with Crippen molar-refractivity contribution in [1.29, 1.82) is 0 Å². The SMILES string of the molecule is CN(Cc1cc(C#CCN)cs1)C(=O)CC(C)(C)C. The van der Waals surface area contributed by atoms with E-state index in [0.29, 0.717) is 19.5 Å². The number of rotatable bonds is 3. The van der Waals surface area contributed by atoms with Gasteiger partial charge in [-0.25, -0.2) is 0 Å². The highest BCUT2D eigenvalue weighted by atomic mass is 32.1. The van der Waals surface area contributed by atoms with Crippen LogP contribution in [0.3, 0.4) is 0 Å². The lowest BCUT2D eigenvalue weighted by Gasteiger charge is -2.22. The molecule has 19 heavy (non-hydrogen) atoms. The van der Waals surface area contributed by atoms with Crippen LogP contribution in [0.15, 0.2) is 11.4 Å². The molecule has 0 atom stereocenters. The molecule has 0 spiro atoms. The molecule has 3 nitrogen and oxygen atoms in total. The van der Waals surface area contributed by atoms with Crippen molar-refractivity contribution < 1.29 is 4.79 Å². The summed E-state index contributed by atoms with van der Waals surface area (Å²) in [5.41, 5.74) is 6.34. The first kappa shape index (κ1) is 15.7. The van der Waals surface area contributed by atoms with E-state index in [0.717, 1.165) is 10.4 Å². The van der Waals surface area contributed by atoms with Crippen LogP contribution in [0, 0.1) is 17.3 Å². The van der Waals surface area contributed by atoms with Gasteiger partial charge in [0.1, 0.15) is 0 Å². The average molecular weight is 278 g/mol. The zero-order chi connectivity index (χ0) is 14.5. The Morgan fingerprint density at radius 3 is 2.74 bits per heavy atom.